The van der Waals surface area contributed by atoms with Crippen molar-refractivity contribution in [2.75, 3.05) is 20.8 Å². The predicted octanol–water partition coefficient (Wildman–Crippen LogP) is 3.70. The zero-order valence-corrected chi connectivity index (χ0v) is 15.1. The largest absolute Gasteiger partial charge is 0.507 e. The fraction of sp³-hybridized carbons (Fsp3) is 0.316. The third kappa shape index (κ3) is 4.19. The van der Waals surface area contributed by atoms with Crippen molar-refractivity contribution in [2.24, 2.45) is 0 Å². The molecule has 0 amide bonds. The first-order chi connectivity index (χ1) is 12.0. The van der Waals surface area contributed by atoms with Gasteiger partial charge in [-0.3, -0.25) is 4.79 Å². The van der Waals surface area contributed by atoms with Gasteiger partial charge in [-0.15, -0.1) is 0 Å². The van der Waals surface area contributed by atoms with Crippen LogP contribution < -0.4 is 0 Å². The number of aliphatic hydroxyl groups excluding tert-OH is 1. The molecule has 134 valence electrons. The highest BCUT2D eigenvalue weighted by atomic mass is 35.5. The standard InChI is InChI=1S/C19H21ClO5/c1-4-25-18-17(16(22)11-12-19(18,23-2)24-3)15(21)10-7-13-5-8-14(20)9-6-13/h5-12,18,21H,4H2,1-3H3/b10-7+,17-15+. The van der Waals surface area contributed by atoms with Gasteiger partial charge in [0, 0.05) is 25.8 Å². The van der Waals surface area contributed by atoms with Crippen molar-refractivity contribution in [3.05, 3.63) is 64.4 Å². The third-order valence-corrected chi connectivity index (χ3v) is 4.16. The topological polar surface area (TPSA) is 65.0 Å². The van der Waals surface area contributed by atoms with Gasteiger partial charge in [0.15, 0.2) is 5.78 Å². The van der Waals surface area contributed by atoms with Gasteiger partial charge >= 0.3 is 0 Å². The van der Waals surface area contributed by atoms with Crippen LogP contribution in [0.15, 0.2) is 53.8 Å². The van der Waals surface area contributed by atoms with Gasteiger partial charge in [0.2, 0.25) is 5.79 Å². The number of carbonyl (C=O) groups excluding carboxylic acids is 1. The number of allylic oxidation sites excluding steroid dienone is 2. The van der Waals surface area contributed by atoms with E-state index in [4.69, 9.17) is 25.8 Å². The molecule has 0 radical (unpaired) electrons. The lowest BCUT2D eigenvalue weighted by Crippen LogP contribution is -2.50. The van der Waals surface area contributed by atoms with Crippen molar-refractivity contribution in [1.82, 2.24) is 0 Å². The molecule has 6 heteroatoms. The zero-order chi connectivity index (χ0) is 18.4. The lowest BCUT2D eigenvalue weighted by atomic mass is 9.89. The Morgan fingerprint density at radius 2 is 1.92 bits per heavy atom. The lowest BCUT2D eigenvalue weighted by Gasteiger charge is -2.38. The Bertz CT molecular complexity index is 699. The van der Waals surface area contributed by atoms with Crippen molar-refractivity contribution in [2.45, 2.75) is 18.8 Å². The van der Waals surface area contributed by atoms with Gasteiger partial charge in [-0.05, 0) is 42.8 Å². The summed E-state index contributed by atoms with van der Waals surface area (Å²) in [5.74, 6) is -1.84. The summed E-state index contributed by atoms with van der Waals surface area (Å²) in [6, 6.07) is 7.08. The third-order valence-electron chi connectivity index (χ3n) is 3.91. The summed E-state index contributed by atoms with van der Waals surface area (Å²) in [6.07, 6.45) is 5.03. The second kappa shape index (κ2) is 8.45. The maximum Gasteiger partial charge on any atom is 0.219 e. The van der Waals surface area contributed by atoms with Gasteiger partial charge in [0.05, 0.1) is 5.57 Å². The molecule has 0 aliphatic heterocycles. The molecule has 0 aromatic heterocycles. The number of benzene rings is 1. The minimum atomic E-state index is -1.28. The van der Waals surface area contributed by atoms with Crippen LogP contribution in [-0.4, -0.2) is 43.6 Å². The Morgan fingerprint density at radius 1 is 1.28 bits per heavy atom. The first-order valence-electron chi connectivity index (χ1n) is 7.79. The SMILES string of the molecule is CCOC1/C(=C(O)\C=C\c2ccc(Cl)cc2)C(=O)C=CC1(OC)OC. The van der Waals surface area contributed by atoms with Crippen molar-refractivity contribution in [3.8, 4) is 0 Å². The Labute approximate surface area is 152 Å². The first-order valence-corrected chi connectivity index (χ1v) is 8.17. The van der Waals surface area contributed by atoms with Gasteiger partial charge in [0.1, 0.15) is 11.9 Å². The number of carbonyl (C=O) groups is 1. The van der Waals surface area contributed by atoms with Gasteiger partial charge < -0.3 is 19.3 Å². The summed E-state index contributed by atoms with van der Waals surface area (Å²) in [4.78, 5) is 12.3. The normalized spacial score (nSPS) is 21.8. The number of methoxy groups -OCH3 is 2. The Kier molecular flexibility index (Phi) is 6.56. The average Bonchev–Trinajstić information content (AvgIpc) is 2.62. The van der Waals surface area contributed by atoms with E-state index in [9.17, 15) is 9.90 Å². The zero-order valence-electron chi connectivity index (χ0n) is 14.4. The van der Waals surface area contributed by atoms with E-state index in [2.05, 4.69) is 0 Å². The summed E-state index contributed by atoms with van der Waals surface area (Å²) < 4.78 is 16.5. The van der Waals surface area contributed by atoms with Crippen molar-refractivity contribution < 1.29 is 24.1 Å². The van der Waals surface area contributed by atoms with E-state index in [1.54, 1.807) is 37.3 Å². The molecular formula is C19H21ClO5. The lowest BCUT2D eigenvalue weighted by molar-refractivity contribution is -0.229. The molecule has 0 heterocycles. The molecule has 25 heavy (non-hydrogen) atoms. The van der Waals surface area contributed by atoms with Gasteiger partial charge in [-0.1, -0.05) is 29.8 Å². The fourth-order valence-corrected chi connectivity index (χ4v) is 2.72. The molecule has 1 aliphatic rings. The van der Waals surface area contributed by atoms with E-state index in [1.807, 2.05) is 0 Å². The molecule has 0 bridgehead atoms. The Hall–Kier alpha value is -1.92. The average molecular weight is 365 g/mol. The number of ketones is 1. The second-order valence-electron chi connectivity index (χ2n) is 5.35. The van der Waals surface area contributed by atoms with E-state index >= 15 is 0 Å². The number of halogens is 1. The molecule has 1 unspecified atom stereocenters. The maximum absolute atomic E-state index is 12.3. The molecular weight excluding hydrogens is 344 g/mol. The molecule has 1 aromatic carbocycles. The highest BCUT2D eigenvalue weighted by Gasteiger charge is 2.46. The summed E-state index contributed by atoms with van der Waals surface area (Å²) in [5.41, 5.74) is 0.909. The van der Waals surface area contributed by atoms with Crippen LogP contribution in [0.4, 0.5) is 0 Å². The molecule has 1 N–H and O–H groups in total. The maximum atomic E-state index is 12.3. The van der Waals surface area contributed by atoms with Crippen LogP contribution in [-0.2, 0) is 19.0 Å². The van der Waals surface area contributed by atoms with E-state index in [0.717, 1.165) is 5.56 Å². The monoisotopic (exact) mass is 364 g/mol. The fourth-order valence-electron chi connectivity index (χ4n) is 2.60. The highest BCUT2D eigenvalue weighted by Crippen LogP contribution is 2.33. The molecule has 1 aliphatic carbocycles. The predicted molar refractivity (Wildman–Crippen MR) is 96.5 cm³/mol. The minimum Gasteiger partial charge on any atom is -0.507 e. The van der Waals surface area contributed by atoms with Crippen molar-refractivity contribution in [3.63, 3.8) is 0 Å². The van der Waals surface area contributed by atoms with E-state index in [0.29, 0.717) is 11.6 Å². The van der Waals surface area contributed by atoms with Crippen molar-refractivity contribution >= 4 is 23.5 Å². The van der Waals surface area contributed by atoms with Crippen LogP contribution in [0.2, 0.25) is 5.02 Å². The Morgan fingerprint density at radius 3 is 2.48 bits per heavy atom. The molecule has 0 fully saturated rings. The van der Waals surface area contributed by atoms with E-state index < -0.39 is 11.9 Å². The molecule has 0 spiro atoms. The van der Waals surface area contributed by atoms with E-state index in [-0.39, 0.29) is 17.1 Å². The molecule has 1 atom stereocenters. The van der Waals surface area contributed by atoms with Crippen LogP contribution in [0.1, 0.15) is 12.5 Å². The van der Waals surface area contributed by atoms with Crippen LogP contribution in [0, 0.1) is 0 Å². The minimum absolute atomic E-state index is 0.0817. The van der Waals surface area contributed by atoms with E-state index in [1.165, 1.54) is 32.4 Å². The van der Waals surface area contributed by atoms with Crippen LogP contribution in [0.5, 0.6) is 0 Å². The number of hydrogen-bond donors (Lipinski definition) is 1. The summed E-state index contributed by atoms with van der Waals surface area (Å²) in [5, 5.41) is 11.1. The number of hydrogen-bond acceptors (Lipinski definition) is 5. The molecule has 2 rings (SSSR count). The van der Waals surface area contributed by atoms with Crippen LogP contribution >= 0.6 is 11.6 Å². The molecule has 5 nitrogen and oxygen atoms in total. The van der Waals surface area contributed by atoms with Crippen LogP contribution in [0.3, 0.4) is 0 Å². The summed E-state index contributed by atoms with van der Waals surface area (Å²) in [6.45, 7) is 2.11. The van der Waals surface area contributed by atoms with Gasteiger partial charge in [0.25, 0.3) is 0 Å². The molecule has 1 aromatic rings. The van der Waals surface area contributed by atoms with Crippen molar-refractivity contribution in [1.29, 1.82) is 0 Å². The van der Waals surface area contributed by atoms with Gasteiger partial charge in [-0.2, -0.15) is 0 Å². The quantitative estimate of drug-likeness (QED) is 0.473. The summed E-state index contributed by atoms with van der Waals surface area (Å²) in [7, 11) is 2.90. The second-order valence-corrected chi connectivity index (χ2v) is 5.78. The Balaban J connectivity index is 2.43. The number of aliphatic hydroxyl groups is 1. The smallest absolute Gasteiger partial charge is 0.219 e. The van der Waals surface area contributed by atoms with Crippen LogP contribution in [0.25, 0.3) is 6.08 Å². The number of rotatable bonds is 6. The highest BCUT2D eigenvalue weighted by molar-refractivity contribution is 6.30. The molecule has 0 saturated carbocycles. The van der Waals surface area contributed by atoms with Gasteiger partial charge in [-0.25, -0.2) is 0 Å². The summed E-state index contributed by atoms with van der Waals surface area (Å²) >= 11 is 5.85. The first kappa shape index (κ1) is 19.4. The number of ether oxygens (including phenoxy) is 3. The molecule has 0 saturated heterocycles.